The number of fused-ring (bicyclic) bond motifs is 1. The Morgan fingerprint density at radius 2 is 1.61 bits per heavy atom. The number of rotatable bonds is 13. The summed E-state index contributed by atoms with van der Waals surface area (Å²) in [5.74, 6) is -5.60. The fourth-order valence-electron chi connectivity index (χ4n) is 3.40. The fourth-order valence-corrected chi connectivity index (χ4v) is 3.66. The van der Waals surface area contributed by atoms with Crippen LogP contribution in [0.2, 0.25) is 0 Å². The number of carboxylic acids is 2. The monoisotopic (exact) mass is 523 g/mol. The number of benzene rings is 1. The van der Waals surface area contributed by atoms with E-state index in [9.17, 15) is 34.2 Å². The van der Waals surface area contributed by atoms with Gasteiger partial charge in [0.15, 0.2) is 6.04 Å². The third-order valence-corrected chi connectivity index (χ3v) is 5.69. The van der Waals surface area contributed by atoms with Gasteiger partial charge in [-0.1, -0.05) is 18.2 Å². The van der Waals surface area contributed by atoms with Crippen LogP contribution < -0.4 is 21.7 Å². The van der Waals surface area contributed by atoms with E-state index in [4.69, 9.17) is 10.8 Å². The van der Waals surface area contributed by atoms with Crippen molar-refractivity contribution < 1.29 is 39.3 Å². The predicted molar refractivity (Wildman–Crippen MR) is 131 cm³/mol. The molecule has 14 heteroatoms. The van der Waals surface area contributed by atoms with Crippen molar-refractivity contribution in [3.8, 4) is 0 Å². The molecule has 0 aliphatic rings. The standard InChI is InChI=1S/C22H29N5O8S/c1-10(28)18(22(34)35)27-21(33)16(9-36)26-20(32)15(25-19(31)13(23)7-17(29)30)6-11-8-24-14-5-3-2-4-12(11)14/h2-5,8,10,13,15-16,18,24,28,36H,6-7,9,23H2,1H3,(H,25,31)(H,26,32)(H,27,33)(H,29,30)(H,34,35). The Balaban J connectivity index is 2.25. The summed E-state index contributed by atoms with van der Waals surface area (Å²) in [6.45, 7) is 1.18. The summed E-state index contributed by atoms with van der Waals surface area (Å²) in [5, 5.41) is 35.4. The maximum Gasteiger partial charge on any atom is 0.328 e. The first-order valence-corrected chi connectivity index (χ1v) is 11.5. The first-order valence-electron chi connectivity index (χ1n) is 10.9. The van der Waals surface area contributed by atoms with Crippen LogP contribution in [0.15, 0.2) is 30.5 Å². The first-order chi connectivity index (χ1) is 16.9. The highest BCUT2D eigenvalue weighted by atomic mass is 32.1. The van der Waals surface area contributed by atoms with Crippen molar-refractivity contribution in [2.75, 3.05) is 5.75 Å². The number of para-hydroxylation sites is 1. The van der Waals surface area contributed by atoms with Gasteiger partial charge in [0.05, 0.1) is 18.6 Å². The van der Waals surface area contributed by atoms with Crippen molar-refractivity contribution in [2.24, 2.45) is 5.73 Å². The van der Waals surface area contributed by atoms with Crippen LogP contribution in [0.4, 0.5) is 0 Å². The van der Waals surface area contributed by atoms with E-state index in [1.165, 1.54) is 6.92 Å². The topological polar surface area (TPSA) is 224 Å². The zero-order chi connectivity index (χ0) is 27.0. The number of carbonyl (C=O) groups excluding carboxylic acids is 3. The number of hydrogen-bond acceptors (Lipinski definition) is 8. The predicted octanol–water partition coefficient (Wildman–Crippen LogP) is -1.64. The van der Waals surface area contributed by atoms with Gasteiger partial charge in [0, 0.05) is 29.3 Å². The number of carboxylic acid groups (broad SMARTS) is 2. The van der Waals surface area contributed by atoms with Gasteiger partial charge in [-0.3, -0.25) is 19.2 Å². The molecular formula is C22H29N5O8S. The van der Waals surface area contributed by atoms with Crippen molar-refractivity contribution in [1.29, 1.82) is 0 Å². The summed E-state index contributed by atoms with van der Waals surface area (Å²) < 4.78 is 0. The maximum absolute atomic E-state index is 13.1. The highest BCUT2D eigenvalue weighted by Gasteiger charge is 2.32. The van der Waals surface area contributed by atoms with Crippen LogP contribution >= 0.6 is 12.6 Å². The minimum Gasteiger partial charge on any atom is -0.481 e. The highest BCUT2D eigenvalue weighted by Crippen LogP contribution is 2.19. The van der Waals surface area contributed by atoms with Crippen molar-refractivity contribution in [2.45, 2.75) is 50.0 Å². The molecule has 2 rings (SSSR count). The molecule has 0 bridgehead atoms. The van der Waals surface area contributed by atoms with Crippen LogP contribution in [0.1, 0.15) is 18.9 Å². The number of nitrogens with two attached hydrogens (primary N) is 1. The van der Waals surface area contributed by atoms with Crippen LogP contribution in [-0.2, 0) is 30.4 Å². The molecule has 2 aromatic rings. The summed E-state index contributed by atoms with van der Waals surface area (Å²) in [6.07, 6.45) is -0.456. The largest absolute Gasteiger partial charge is 0.481 e. The summed E-state index contributed by atoms with van der Waals surface area (Å²) in [6, 6.07) is 1.61. The van der Waals surface area contributed by atoms with E-state index < -0.39 is 66.4 Å². The average molecular weight is 524 g/mol. The highest BCUT2D eigenvalue weighted by molar-refractivity contribution is 7.80. The smallest absolute Gasteiger partial charge is 0.328 e. The molecule has 0 aliphatic heterocycles. The van der Waals surface area contributed by atoms with Crippen molar-refractivity contribution in [3.05, 3.63) is 36.0 Å². The van der Waals surface area contributed by atoms with Gasteiger partial charge >= 0.3 is 11.9 Å². The van der Waals surface area contributed by atoms with E-state index in [1.54, 1.807) is 18.3 Å². The van der Waals surface area contributed by atoms with Gasteiger partial charge < -0.3 is 42.0 Å². The second kappa shape index (κ2) is 12.9. The molecule has 1 heterocycles. The minimum atomic E-state index is -1.62. The van der Waals surface area contributed by atoms with E-state index in [2.05, 4.69) is 33.6 Å². The van der Waals surface area contributed by atoms with Gasteiger partial charge in [0.2, 0.25) is 17.7 Å². The van der Waals surface area contributed by atoms with Crippen LogP contribution in [0.25, 0.3) is 10.9 Å². The van der Waals surface area contributed by atoms with Gasteiger partial charge in [-0.05, 0) is 18.6 Å². The first kappa shape index (κ1) is 28.6. The quantitative estimate of drug-likeness (QED) is 0.137. The zero-order valence-corrected chi connectivity index (χ0v) is 20.2. The third-order valence-electron chi connectivity index (χ3n) is 5.33. The number of aliphatic carboxylic acids is 2. The summed E-state index contributed by atoms with van der Waals surface area (Å²) >= 11 is 4.04. The zero-order valence-electron chi connectivity index (χ0n) is 19.3. The van der Waals surface area contributed by atoms with E-state index in [-0.39, 0.29) is 12.2 Å². The Kier molecular flexibility index (Phi) is 10.3. The Morgan fingerprint density at radius 1 is 1.00 bits per heavy atom. The van der Waals surface area contributed by atoms with Crippen molar-refractivity contribution in [3.63, 3.8) is 0 Å². The number of carbonyl (C=O) groups is 5. The number of nitrogens with one attached hydrogen (secondary N) is 4. The Hall–Kier alpha value is -3.62. The number of hydrogen-bond donors (Lipinski definition) is 9. The van der Waals surface area contributed by atoms with Gasteiger partial charge in [-0.25, -0.2) is 4.79 Å². The lowest BCUT2D eigenvalue weighted by molar-refractivity contribution is -0.145. The molecule has 5 unspecified atom stereocenters. The normalized spacial score (nSPS) is 15.2. The number of aliphatic hydroxyl groups excluding tert-OH is 1. The Labute approximate surface area is 211 Å². The van der Waals surface area contributed by atoms with E-state index in [1.807, 2.05) is 12.1 Å². The number of aliphatic hydroxyl groups is 1. The van der Waals surface area contributed by atoms with Crippen molar-refractivity contribution >= 4 is 53.2 Å². The molecule has 0 saturated carbocycles. The van der Waals surface area contributed by atoms with Crippen LogP contribution in [0.3, 0.4) is 0 Å². The molecule has 0 spiro atoms. The lowest BCUT2D eigenvalue weighted by atomic mass is 10.0. The SMILES string of the molecule is CC(O)C(NC(=O)C(CS)NC(=O)C(Cc1c[nH]c2ccccc12)NC(=O)C(N)CC(=O)O)C(=O)O. The van der Waals surface area contributed by atoms with Gasteiger partial charge in [0.1, 0.15) is 12.1 Å². The molecule has 9 N–H and O–H groups in total. The minimum absolute atomic E-state index is 0.0340. The number of aromatic nitrogens is 1. The molecule has 196 valence electrons. The van der Waals surface area contributed by atoms with Crippen LogP contribution in [-0.4, -0.2) is 86.0 Å². The Morgan fingerprint density at radius 3 is 2.19 bits per heavy atom. The number of thiol groups is 1. The van der Waals surface area contributed by atoms with E-state index in [0.717, 1.165) is 10.9 Å². The molecule has 0 radical (unpaired) electrons. The molecule has 0 saturated heterocycles. The number of H-pyrrole nitrogens is 1. The fraction of sp³-hybridized carbons (Fsp3) is 0.409. The lowest BCUT2D eigenvalue weighted by Crippen LogP contribution is -2.59. The Bertz CT molecular complexity index is 1120. The van der Waals surface area contributed by atoms with Crippen molar-refractivity contribution in [1.82, 2.24) is 20.9 Å². The second-order valence-corrected chi connectivity index (χ2v) is 8.50. The molecule has 3 amide bonds. The number of aromatic amines is 1. The van der Waals surface area contributed by atoms with Gasteiger partial charge in [-0.2, -0.15) is 12.6 Å². The van der Waals surface area contributed by atoms with E-state index in [0.29, 0.717) is 5.56 Å². The summed E-state index contributed by atoms with van der Waals surface area (Å²) in [7, 11) is 0. The molecule has 13 nitrogen and oxygen atoms in total. The molecule has 1 aromatic carbocycles. The molecule has 1 aromatic heterocycles. The van der Waals surface area contributed by atoms with Crippen LogP contribution in [0, 0.1) is 0 Å². The molecule has 0 fully saturated rings. The van der Waals surface area contributed by atoms with Crippen LogP contribution in [0.5, 0.6) is 0 Å². The van der Waals surface area contributed by atoms with E-state index >= 15 is 0 Å². The molecular weight excluding hydrogens is 494 g/mol. The third kappa shape index (κ3) is 7.69. The average Bonchev–Trinajstić information content (AvgIpc) is 3.22. The molecule has 5 atom stereocenters. The second-order valence-electron chi connectivity index (χ2n) is 8.14. The number of amides is 3. The molecule has 36 heavy (non-hydrogen) atoms. The summed E-state index contributed by atoms with van der Waals surface area (Å²) in [4.78, 5) is 63.5. The van der Waals surface area contributed by atoms with Gasteiger partial charge in [0.25, 0.3) is 0 Å². The maximum atomic E-state index is 13.1. The summed E-state index contributed by atoms with van der Waals surface area (Å²) in [5.41, 5.74) is 7.07. The lowest BCUT2D eigenvalue weighted by Gasteiger charge is -2.25. The molecule has 0 aliphatic carbocycles. The van der Waals surface area contributed by atoms with Gasteiger partial charge in [-0.15, -0.1) is 0 Å².